The number of ether oxygens (including phenoxy) is 1. The van der Waals surface area contributed by atoms with E-state index in [1.807, 2.05) is 0 Å². The SMILES string of the molecule is Cc1ccc(C(F)(F)Oc2ccc(-c3ccc(-c4ccc(-c5cc(F)c(C)c(F)c5)c(F)c4)c(F)c3)cc2)cc1. The largest absolute Gasteiger partial charge is 0.429 e. The molecule has 0 N–H and O–H groups in total. The average Bonchev–Trinajstić information content (AvgIpc) is 2.92. The van der Waals surface area contributed by atoms with Crippen LogP contribution >= 0.6 is 0 Å². The maximum Gasteiger partial charge on any atom is 0.426 e. The number of hydrogen-bond donors (Lipinski definition) is 0. The van der Waals surface area contributed by atoms with Crippen LogP contribution in [0, 0.1) is 37.1 Å². The third-order valence-corrected chi connectivity index (χ3v) is 6.66. The summed E-state index contributed by atoms with van der Waals surface area (Å²) >= 11 is 0. The molecule has 0 aliphatic rings. The molecule has 5 aromatic rings. The van der Waals surface area contributed by atoms with Crippen LogP contribution in [0.5, 0.6) is 5.75 Å². The Morgan fingerprint density at radius 1 is 0.500 bits per heavy atom. The van der Waals surface area contributed by atoms with Gasteiger partial charge in [-0.2, -0.15) is 8.78 Å². The standard InChI is InChI=1S/C33H22F6O/c1-19-3-9-25(10-4-19)33(38,39)40-26-11-5-21(6-12-26)22-7-13-27(31(36)15-22)23-8-14-28(32(37)16-23)24-17-29(34)20(2)30(35)18-24/h3-18H,1-2H3. The van der Waals surface area contributed by atoms with Gasteiger partial charge in [-0.1, -0.05) is 54.1 Å². The summed E-state index contributed by atoms with van der Waals surface area (Å²) in [5.74, 6) is -3.04. The van der Waals surface area contributed by atoms with Crippen LogP contribution < -0.4 is 4.74 Å². The molecular formula is C33H22F6O. The van der Waals surface area contributed by atoms with E-state index in [1.54, 1.807) is 25.1 Å². The molecule has 0 spiro atoms. The zero-order valence-electron chi connectivity index (χ0n) is 21.4. The van der Waals surface area contributed by atoms with Crippen molar-refractivity contribution in [1.82, 2.24) is 0 Å². The minimum absolute atomic E-state index is 0.0196. The molecule has 0 heterocycles. The lowest BCUT2D eigenvalue weighted by Gasteiger charge is -2.18. The van der Waals surface area contributed by atoms with Crippen LogP contribution in [-0.4, -0.2) is 0 Å². The molecule has 0 atom stereocenters. The van der Waals surface area contributed by atoms with Crippen molar-refractivity contribution in [3.8, 4) is 39.1 Å². The fourth-order valence-corrected chi connectivity index (χ4v) is 4.32. The van der Waals surface area contributed by atoms with E-state index in [0.717, 1.165) is 23.8 Å². The van der Waals surface area contributed by atoms with Crippen molar-refractivity contribution >= 4 is 0 Å². The molecule has 0 saturated heterocycles. The number of alkyl halides is 2. The second-order valence-corrected chi connectivity index (χ2v) is 9.46. The van der Waals surface area contributed by atoms with Crippen molar-refractivity contribution in [3.05, 3.63) is 137 Å². The smallest absolute Gasteiger partial charge is 0.426 e. The molecule has 40 heavy (non-hydrogen) atoms. The summed E-state index contributed by atoms with van der Waals surface area (Å²) in [5.41, 5.74) is 1.81. The van der Waals surface area contributed by atoms with E-state index in [9.17, 15) is 22.0 Å². The fraction of sp³-hybridized carbons (Fsp3) is 0.0909. The fourth-order valence-electron chi connectivity index (χ4n) is 4.32. The Bertz CT molecular complexity index is 1670. The van der Waals surface area contributed by atoms with Crippen molar-refractivity contribution in [2.45, 2.75) is 20.0 Å². The highest BCUT2D eigenvalue weighted by molar-refractivity contribution is 5.74. The Morgan fingerprint density at radius 3 is 1.55 bits per heavy atom. The van der Waals surface area contributed by atoms with Crippen LogP contribution in [0.4, 0.5) is 26.3 Å². The maximum absolute atomic E-state index is 15.1. The maximum atomic E-state index is 15.1. The molecule has 202 valence electrons. The summed E-state index contributed by atoms with van der Waals surface area (Å²) in [6.07, 6.45) is -3.53. The van der Waals surface area contributed by atoms with Gasteiger partial charge in [0.05, 0.1) is 5.56 Å². The minimum Gasteiger partial charge on any atom is -0.429 e. The van der Waals surface area contributed by atoms with Crippen molar-refractivity contribution in [2.75, 3.05) is 0 Å². The van der Waals surface area contributed by atoms with E-state index in [-0.39, 0.29) is 39.1 Å². The molecule has 7 heteroatoms. The van der Waals surface area contributed by atoms with Gasteiger partial charge in [-0.15, -0.1) is 0 Å². The molecule has 1 nitrogen and oxygen atoms in total. The van der Waals surface area contributed by atoms with Gasteiger partial charge in [0.15, 0.2) is 0 Å². The van der Waals surface area contributed by atoms with Crippen molar-refractivity contribution in [1.29, 1.82) is 0 Å². The predicted octanol–water partition coefficient (Wildman–Crippen LogP) is 9.99. The van der Waals surface area contributed by atoms with E-state index in [1.165, 1.54) is 67.6 Å². The Morgan fingerprint density at radius 2 is 0.975 bits per heavy atom. The topological polar surface area (TPSA) is 9.23 Å². The Labute approximate surface area is 227 Å². The van der Waals surface area contributed by atoms with E-state index in [0.29, 0.717) is 11.1 Å². The summed E-state index contributed by atoms with van der Waals surface area (Å²) in [6.45, 7) is 3.08. The Hall–Kier alpha value is -4.52. The first kappa shape index (κ1) is 27.1. The summed E-state index contributed by atoms with van der Waals surface area (Å²) in [4.78, 5) is 0. The lowest BCUT2D eigenvalue weighted by atomic mass is 9.96. The number of rotatable bonds is 6. The quantitative estimate of drug-likeness (QED) is 0.192. The highest BCUT2D eigenvalue weighted by Crippen LogP contribution is 2.35. The zero-order valence-corrected chi connectivity index (χ0v) is 21.4. The highest BCUT2D eigenvalue weighted by Gasteiger charge is 2.34. The zero-order chi connectivity index (χ0) is 28.6. The van der Waals surface area contributed by atoms with Gasteiger partial charge in [0.25, 0.3) is 0 Å². The second kappa shape index (κ2) is 10.6. The third-order valence-electron chi connectivity index (χ3n) is 6.66. The number of benzene rings is 5. The Balaban J connectivity index is 1.35. The van der Waals surface area contributed by atoms with Crippen LogP contribution in [0.25, 0.3) is 33.4 Å². The van der Waals surface area contributed by atoms with E-state index >= 15 is 4.39 Å². The van der Waals surface area contributed by atoms with Gasteiger partial charge >= 0.3 is 6.11 Å². The lowest BCUT2D eigenvalue weighted by Crippen LogP contribution is -2.21. The van der Waals surface area contributed by atoms with E-state index < -0.39 is 29.4 Å². The summed E-state index contributed by atoms with van der Waals surface area (Å²) in [7, 11) is 0. The lowest BCUT2D eigenvalue weighted by molar-refractivity contribution is -0.185. The van der Waals surface area contributed by atoms with Gasteiger partial charge < -0.3 is 4.74 Å². The summed E-state index contributed by atoms with van der Waals surface area (Å²) < 4.78 is 91.9. The normalized spacial score (nSPS) is 11.5. The molecule has 5 aromatic carbocycles. The third kappa shape index (κ3) is 5.45. The molecule has 0 unspecified atom stereocenters. The molecule has 0 aromatic heterocycles. The number of halogens is 6. The van der Waals surface area contributed by atoms with Crippen LogP contribution in [0.1, 0.15) is 16.7 Å². The second-order valence-electron chi connectivity index (χ2n) is 9.46. The number of aryl methyl sites for hydroxylation is 1. The van der Waals surface area contributed by atoms with E-state index in [2.05, 4.69) is 0 Å². The van der Waals surface area contributed by atoms with Crippen molar-refractivity contribution in [3.63, 3.8) is 0 Å². The Kier molecular flexibility index (Phi) is 7.15. The molecule has 0 radical (unpaired) electrons. The van der Waals surface area contributed by atoms with Crippen LogP contribution in [0.15, 0.2) is 97.1 Å². The van der Waals surface area contributed by atoms with Gasteiger partial charge in [-0.25, -0.2) is 17.6 Å². The highest BCUT2D eigenvalue weighted by atomic mass is 19.3. The van der Waals surface area contributed by atoms with Gasteiger partial charge in [-0.05, 0) is 84.6 Å². The molecular weight excluding hydrogens is 526 g/mol. The molecule has 0 aliphatic carbocycles. The minimum atomic E-state index is -3.53. The van der Waals surface area contributed by atoms with Crippen LogP contribution in [0.2, 0.25) is 0 Å². The van der Waals surface area contributed by atoms with Gasteiger partial charge in [0, 0.05) is 16.7 Å². The molecule has 0 fully saturated rings. The van der Waals surface area contributed by atoms with Gasteiger partial charge in [0.1, 0.15) is 29.0 Å². The van der Waals surface area contributed by atoms with Gasteiger partial charge in [0.2, 0.25) is 0 Å². The molecule has 0 amide bonds. The van der Waals surface area contributed by atoms with Crippen molar-refractivity contribution < 1.29 is 31.1 Å². The first-order valence-electron chi connectivity index (χ1n) is 12.3. The average molecular weight is 549 g/mol. The monoisotopic (exact) mass is 548 g/mol. The summed E-state index contributed by atoms with van der Waals surface area (Å²) in [5, 5.41) is 0. The molecule has 0 aliphatic heterocycles. The molecule has 0 bridgehead atoms. The van der Waals surface area contributed by atoms with Crippen molar-refractivity contribution in [2.24, 2.45) is 0 Å². The molecule has 0 saturated carbocycles. The number of hydrogen-bond acceptors (Lipinski definition) is 1. The van der Waals surface area contributed by atoms with Crippen LogP contribution in [0.3, 0.4) is 0 Å². The predicted molar refractivity (Wildman–Crippen MR) is 143 cm³/mol. The van der Waals surface area contributed by atoms with E-state index in [4.69, 9.17) is 4.74 Å². The first-order chi connectivity index (χ1) is 19.0. The molecule has 5 rings (SSSR count). The van der Waals surface area contributed by atoms with Gasteiger partial charge in [-0.3, -0.25) is 0 Å². The first-order valence-corrected chi connectivity index (χ1v) is 12.3. The van der Waals surface area contributed by atoms with Crippen LogP contribution in [-0.2, 0) is 6.11 Å². The summed E-state index contributed by atoms with van der Waals surface area (Å²) in [6, 6.07) is 21.9.